The summed E-state index contributed by atoms with van der Waals surface area (Å²) in [4.78, 5) is 10.9. The van der Waals surface area contributed by atoms with Crippen LogP contribution in [0.2, 0.25) is 5.02 Å². The average Bonchev–Trinajstić information content (AvgIpc) is 2.84. The van der Waals surface area contributed by atoms with Gasteiger partial charge in [0.25, 0.3) is 5.69 Å². The number of hydrogen-bond acceptors (Lipinski definition) is 2. The van der Waals surface area contributed by atoms with Crippen molar-refractivity contribution in [1.29, 1.82) is 0 Å². The van der Waals surface area contributed by atoms with E-state index in [0.717, 1.165) is 22.0 Å². The molecule has 0 unspecified atom stereocenters. The highest BCUT2D eigenvalue weighted by molar-refractivity contribution is 6.30. The van der Waals surface area contributed by atoms with Crippen LogP contribution in [0.25, 0.3) is 10.9 Å². The van der Waals surface area contributed by atoms with Gasteiger partial charge in [0, 0.05) is 39.8 Å². The Bertz CT molecular complexity index is 866. The summed E-state index contributed by atoms with van der Waals surface area (Å²) in [5.41, 5.74) is 3.75. The highest BCUT2D eigenvalue weighted by Crippen LogP contribution is 2.31. The molecule has 5 heteroatoms. The summed E-state index contributed by atoms with van der Waals surface area (Å²) in [6, 6.07) is 11.5. The van der Waals surface area contributed by atoms with Gasteiger partial charge in [-0.05, 0) is 43.7 Å². The maximum atomic E-state index is 11.2. The Hall–Kier alpha value is -2.33. The molecule has 0 radical (unpaired) electrons. The average molecular weight is 315 g/mol. The summed E-state index contributed by atoms with van der Waals surface area (Å²) in [5.74, 6) is 0. The molecule has 2 aromatic carbocycles. The predicted molar refractivity (Wildman–Crippen MR) is 88.6 cm³/mol. The molecule has 0 saturated carbocycles. The molecule has 0 amide bonds. The second-order valence-electron chi connectivity index (χ2n) is 5.43. The van der Waals surface area contributed by atoms with Crippen LogP contribution >= 0.6 is 11.6 Å². The molecule has 0 spiro atoms. The van der Waals surface area contributed by atoms with Gasteiger partial charge in [-0.15, -0.1) is 0 Å². The third kappa shape index (κ3) is 2.46. The number of fused-ring (bicyclic) bond motifs is 1. The first-order valence-electron chi connectivity index (χ1n) is 6.95. The van der Waals surface area contributed by atoms with Crippen LogP contribution in [0, 0.1) is 24.0 Å². The molecular formula is C17H15ClN2O2. The zero-order chi connectivity index (χ0) is 15.9. The quantitative estimate of drug-likeness (QED) is 0.511. The first kappa shape index (κ1) is 14.6. The lowest BCUT2D eigenvalue weighted by Gasteiger charge is -2.08. The fraction of sp³-hybridized carbons (Fsp3) is 0.176. The van der Waals surface area contributed by atoms with Crippen molar-refractivity contribution in [2.75, 3.05) is 0 Å². The SMILES string of the molecule is Cc1cc2c(ccn2Cc2ccc(Cl)cc2)c(C)c1[N+](=O)[O-]. The van der Waals surface area contributed by atoms with Crippen molar-refractivity contribution in [3.8, 4) is 0 Å². The van der Waals surface area contributed by atoms with Gasteiger partial charge in [-0.1, -0.05) is 23.7 Å². The number of nitro benzene ring substituents is 1. The number of hydrogen-bond donors (Lipinski definition) is 0. The van der Waals surface area contributed by atoms with Gasteiger partial charge < -0.3 is 4.57 Å². The van der Waals surface area contributed by atoms with E-state index in [1.54, 1.807) is 13.8 Å². The van der Waals surface area contributed by atoms with E-state index < -0.39 is 0 Å². The Kier molecular flexibility index (Phi) is 3.62. The topological polar surface area (TPSA) is 48.1 Å². The normalized spacial score (nSPS) is 11.0. The molecule has 1 heterocycles. The van der Waals surface area contributed by atoms with E-state index in [1.165, 1.54) is 0 Å². The lowest BCUT2D eigenvalue weighted by Crippen LogP contribution is -2.00. The van der Waals surface area contributed by atoms with Gasteiger partial charge in [-0.25, -0.2) is 0 Å². The van der Waals surface area contributed by atoms with Crippen LogP contribution in [0.4, 0.5) is 5.69 Å². The third-order valence-corrected chi connectivity index (χ3v) is 4.19. The summed E-state index contributed by atoms with van der Waals surface area (Å²) in [5, 5.41) is 12.8. The maximum Gasteiger partial charge on any atom is 0.275 e. The number of benzene rings is 2. The molecule has 112 valence electrons. The van der Waals surface area contributed by atoms with Crippen LogP contribution in [0.1, 0.15) is 16.7 Å². The molecule has 3 rings (SSSR count). The van der Waals surface area contributed by atoms with Crippen LogP contribution in [0.5, 0.6) is 0 Å². The van der Waals surface area contributed by atoms with Crippen LogP contribution in [-0.2, 0) is 6.54 Å². The van der Waals surface area contributed by atoms with Crippen molar-refractivity contribution in [3.05, 3.63) is 74.4 Å². The Morgan fingerprint density at radius 2 is 1.86 bits per heavy atom. The minimum atomic E-state index is -0.305. The Balaban J connectivity index is 2.09. The van der Waals surface area contributed by atoms with Crippen molar-refractivity contribution >= 4 is 28.2 Å². The summed E-state index contributed by atoms with van der Waals surface area (Å²) in [6.45, 7) is 4.29. The van der Waals surface area contributed by atoms with Crippen molar-refractivity contribution in [2.45, 2.75) is 20.4 Å². The second-order valence-corrected chi connectivity index (χ2v) is 5.86. The van der Waals surface area contributed by atoms with Crippen molar-refractivity contribution < 1.29 is 4.92 Å². The van der Waals surface area contributed by atoms with Crippen LogP contribution < -0.4 is 0 Å². The fourth-order valence-corrected chi connectivity index (χ4v) is 2.99. The van der Waals surface area contributed by atoms with E-state index in [0.29, 0.717) is 17.1 Å². The summed E-state index contributed by atoms with van der Waals surface area (Å²) < 4.78 is 2.10. The van der Waals surface area contributed by atoms with Crippen molar-refractivity contribution in [1.82, 2.24) is 4.57 Å². The lowest BCUT2D eigenvalue weighted by atomic mass is 10.0. The largest absolute Gasteiger partial charge is 0.343 e. The Labute approximate surface area is 133 Å². The van der Waals surface area contributed by atoms with Crippen LogP contribution in [0.3, 0.4) is 0 Å². The molecule has 0 bridgehead atoms. The standard InChI is InChI=1S/C17H15ClN2O2/c1-11-9-16-15(12(2)17(11)20(21)22)7-8-19(16)10-13-3-5-14(18)6-4-13/h3-9H,10H2,1-2H3. The van der Waals surface area contributed by atoms with Gasteiger partial charge in [0.2, 0.25) is 0 Å². The minimum absolute atomic E-state index is 0.205. The van der Waals surface area contributed by atoms with Crippen molar-refractivity contribution in [3.63, 3.8) is 0 Å². The van der Waals surface area contributed by atoms with Crippen LogP contribution in [0.15, 0.2) is 42.6 Å². The molecule has 3 aromatic rings. The van der Waals surface area contributed by atoms with Gasteiger partial charge in [0.15, 0.2) is 0 Å². The van der Waals surface area contributed by atoms with E-state index in [-0.39, 0.29) is 10.6 Å². The number of halogens is 1. The molecule has 0 aliphatic heterocycles. The van der Waals surface area contributed by atoms with E-state index in [9.17, 15) is 10.1 Å². The summed E-state index contributed by atoms with van der Waals surface area (Å²) >= 11 is 5.91. The summed E-state index contributed by atoms with van der Waals surface area (Å²) in [7, 11) is 0. The number of aryl methyl sites for hydroxylation is 2. The van der Waals surface area contributed by atoms with Gasteiger partial charge in [0.05, 0.1) is 4.92 Å². The van der Waals surface area contributed by atoms with Gasteiger partial charge >= 0.3 is 0 Å². The molecule has 22 heavy (non-hydrogen) atoms. The number of nitrogens with zero attached hydrogens (tertiary/aromatic N) is 2. The Morgan fingerprint density at radius 3 is 2.50 bits per heavy atom. The highest BCUT2D eigenvalue weighted by Gasteiger charge is 2.19. The van der Waals surface area contributed by atoms with Gasteiger partial charge in [-0.2, -0.15) is 0 Å². The molecular weight excluding hydrogens is 300 g/mol. The molecule has 0 aliphatic rings. The first-order chi connectivity index (χ1) is 10.5. The molecule has 0 fully saturated rings. The molecule has 0 saturated heterocycles. The predicted octanol–water partition coefficient (Wildman–Crippen LogP) is 4.87. The monoisotopic (exact) mass is 314 g/mol. The number of aromatic nitrogens is 1. The van der Waals surface area contributed by atoms with Gasteiger partial charge in [-0.3, -0.25) is 10.1 Å². The molecule has 4 nitrogen and oxygen atoms in total. The van der Waals surface area contributed by atoms with Crippen molar-refractivity contribution in [2.24, 2.45) is 0 Å². The molecule has 0 N–H and O–H groups in total. The first-order valence-corrected chi connectivity index (χ1v) is 7.33. The molecule has 0 aliphatic carbocycles. The van der Waals surface area contributed by atoms with E-state index in [4.69, 9.17) is 11.6 Å². The van der Waals surface area contributed by atoms with Crippen LogP contribution in [-0.4, -0.2) is 9.49 Å². The maximum absolute atomic E-state index is 11.2. The van der Waals surface area contributed by atoms with E-state index in [1.807, 2.05) is 42.6 Å². The van der Waals surface area contributed by atoms with Gasteiger partial charge in [0.1, 0.15) is 0 Å². The molecule has 0 atom stereocenters. The molecule has 1 aromatic heterocycles. The zero-order valence-electron chi connectivity index (χ0n) is 12.3. The lowest BCUT2D eigenvalue weighted by molar-refractivity contribution is -0.385. The minimum Gasteiger partial charge on any atom is -0.343 e. The summed E-state index contributed by atoms with van der Waals surface area (Å²) in [6.07, 6.45) is 1.97. The number of rotatable bonds is 3. The van der Waals surface area contributed by atoms with E-state index in [2.05, 4.69) is 4.57 Å². The second kappa shape index (κ2) is 5.46. The third-order valence-electron chi connectivity index (χ3n) is 3.94. The van der Waals surface area contributed by atoms with E-state index >= 15 is 0 Å². The zero-order valence-corrected chi connectivity index (χ0v) is 13.1. The smallest absolute Gasteiger partial charge is 0.275 e. The number of nitro groups is 1. The Morgan fingerprint density at radius 1 is 1.18 bits per heavy atom. The highest BCUT2D eigenvalue weighted by atomic mass is 35.5. The fourth-order valence-electron chi connectivity index (χ4n) is 2.86.